The lowest BCUT2D eigenvalue weighted by Gasteiger charge is -2.13. The predicted octanol–water partition coefficient (Wildman–Crippen LogP) is 2.77. The van der Waals surface area contributed by atoms with Gasteiger partial charge in [0.25, 0.3) is 0 Å². The molecule has 3 nitrogen and oxygen atoms in total. The summed E-state index contributed by atoms with van der Waals surface area (Å²) in [5, 5.41) is 6.30. The van der Waals surface area contributed by atoms with Crippen LogP contribution in [0.2, 0.25) is 0 Å². The zero-order chi connectivity index (χ0) is 13.0. The van der Waals surface area contributed by atoms with E-state index in [4.69, 9.17) is 0 Å². The molecule has 1 aromatic rings. The number of amides is 1. The third-order valence-electron chi connectivity index (χ3n) is 3.57. The third kappa shape index (κ3) is 3.57. The molecule has 1 saturated carbocycles. The molecule has 0 atom stereocenters. The molecule has 0 bridgehead atoms. The van der Waals surface area contributed by atoms with Crippen LogP contribution in [0.25, 0.3) is 0 Å². The van der Waals surface area contributed by atoms with Crippen LogP contribution >= 0.6 is 0 Å². The van der Waals surface area contributed by atoms with E-state index >= 15 is 0 Å². The zero-order valence-corrected chi connectivity index (χ0v) is 11.3. The Morgan fingerprint density at radius 3 is 2.72 bits per heavy atom. The first-order valence-corrected chi connectivity index (χ1v) is 6.75. The molecule has 1 aliphatic rings. The van der Waals surface area contributed by atoms with Crippen LogP contribution in [-0.2, 0) is 4.79 Å². The highest BCUT2D eigenvalue weighted by Gasteiger charge is 2.15. The molecule has 2 rings (SSSR count). The first kappa shape index (κ1) is 13.1. The summed E-state index contributed by atoms with van der Waals surface area (Å²) in [6.45, 7) is 4.46. The van der Waals surface area contributed by atoms with E-state index in [1.807, 2.05) is 26.0 Å². The number of nitrogens with one attached hydrogen (secondary N) is 2. The molecule has 3 heteroatoms. The van der Waals surface area contributed by atoms with Gasteiger partial charge in [-0.25, -0.2) is 0 Å². The maximum atomic E-state index is 11.9. The normalized spacial score (nSPS) is 15.9. The van der Waals surface area contributed by atoms with E-state index in [0.29, 0.717) is 12.6 Å². The molecule has 0 aromatic heterocycles. The minimum absolute atomic E-state index is 0.0515. The Labute approximate surface area is 109 Å². The molecular weight excluding hydrogens is 224 g/mol. The number of hydrogen-bond acceptors (Lipinski definition) is 2. The van der Waals surface area contributed by atoms with Gasteiger partial charge in [-0.3, -0.25) is 4.79 Å². The smallest absolute Gasteiger partial charge is 0.238 e. The van der Waals surface area contributed by atoms with Crippen molar-refractivity contribution in [2.45, 2.75) is 45.6 Å². The molecule has 0 unspecified atom stereocenters. The Bertz CT molecular complexity index is 423. The second-order valence-corrected chi connectivity index (χ2v) is 5.23. The largest absolute Gasteiger partial charge is 0.325 e. The van der Waals surface area contributed by atoms with Crippen molar-refractivity contribution in [3.05, 3.63) is 29.3 Å². The number of hydrogen-bond donors (Lipinski definition) is 2. The second-order valence-electron chi connectivity index (χ2n) is 5.23. The van der Waals surface area contributed by atoms with Gasteiger partial charge < -0.3 is 10.6 Å². The van der Waals surface area contributed by atoms with Gasteiger partial charge in [0.1, 0.15) is 0 Å². The van der Waals surface area contributed by atoms with Crippen molar-refractivity contribution in [1.82, 2.24) is 5.32 Å². The van der Waals surface area contributed by atoms with Gasteiger partial charge in [0, 0.05) is 11.7 Å². The molecular formula is C15H22N2O. The van der Waals surface area contributed by atoms with E-state index in [1.54, 1.807) is 0 Å². The summed E-state index contributed by atoms with van der Waals surface area (Å²) in [4.78, 5) is 11.9. The van der Waals surface area contributed by atoms with E-state index in [1.165, 1.54) is 31.2 Å². The van der Waals surface area contributed by atoms with Crippen molar-refractivity contribution >= 4 is 11.6 Å². The molecule has 0 spiro atoms. The van der Waals surface area contributed by atoms with Gasteiger partial charge in [0.2, 0.25) is 5.91 Å². The van der Waals surface area contributed by atoms with E-state index in [2.05, 4.69) is 16.7 Å². The van der Waals surface area contributed by atoms with Crippen molar-refractivity contribution in [1.29, 1.82) is 0 Å². The molecule has 0 saturated heterocycles. The second kappa shape index (κ2) is 6.01. The van der Waals surface area contributed by atoms with E-state index in [-0.39, 0.29) is 5.91 Å². The van der Waals surface area contributed by atoms with Crippen LogP contribution in [0.4, 0.5) is 5.69 Å². The Morgan fingerprint density at radius 2 is 2.00 bits per heavy atom. The van der Waals surface area contributed by atoms with Gasteiger partial charge in [-0.15, -0.1) is 0 Å². The molecule has 1 aliphatic carbocycles. The molecule has 1 fully saturated rings. The van der Waals surface area contributed by atoms with E-state index in [0.717, 1.165) is 11.3 Å². The molecule has 0 heterocycles. The van der Waals surface area contributed by atoms with E-state index < -0.39 is 0 Å². The maximum Gasteiger partial charge on any atom is 0.238 e. The number of aryl methyl sites for hydroxylation is 2. The minimum Gasteiger partial charge on any atom is -0.325 e. The minimum atomic E-state index is 0.0515. The lowest BCUT2D eigenvalue weighted by Crippen LogP contribution is -2.34. The monoisotopic (exact) mass is 246 g/mol. The van der Waals surface area contributed by atoms with Gasteiger partial charge in [0.05, 0.1) is 6.54 Å². The molecule has 1 amide bonds. The average molecular weight is 246 g/mol. The number of anilines is 1. The van der Waals surface area contributed by atoms with Crippen LogP contribution in [0.3, 0.4) is 0 Å². The van der Waals surface area contributed by atoms with Crippen molar-refractivity contribution in [2.75, 3.05) is 11.9 Å². The number of carbonyl (C=O) groups is 1. The summed E-state index contributed by atoms with van der Waals surface area (Å²) in [7, 11) is 0. The molecule has 0 aliphatic heterocycles. The highest BCUT2D eigenvalue weighted by atomic mass is 16.1. The Kier molecular flexibility index (Phi) is 4.37. The highest BCUT2D eigenvalue weighted by Crippen LogP contribution is 2.18. The summed E-state index contributed by atoms with van der Waals surface area (Å²) in [5.41, 5.74) is 3.20. The fourth-order valence-electron chi connectivity index (χ4n) is 2.43. The van der Waals surface area contributed by atoms with Crippen LogP contribution < -0.4 is 10.6 Å². The molecule has 1 aromatic carbocycles. The number of rotatable bonds is 4. The van der Waals surface area contributed by atoms with Crippen molar-refractivity contribution in [3.8, 4) is 0 Å². The summed E-state index contributed by atoms with van der Waals surface area (Å²) in [5.74, 6) is 0.0515. The Hall–Kier alpha value is -1.35. The topological polar surface area (TPSA) is 41.1 Å². The van der Waals surface area contributed by atoms with Gasteiger partial charge in [-0.2, -0.15) is 0 Å². The molecule has 2 N–H and O–H groups in total. The first-order valence-electron chi connectivity index (χ1n) is 6.75. The quantitative estimate of drug-likeness (QED) is 0.857. The van der Waals surface area contributed by atoms with E-state index in [9.17, 15) is 4.79 Å². The SMILES string of the molecule is Cc1ccc(C)c(NC(=O)CNC2CCCC2)c1. The molecule has 0 radical (unpaired) electrons. The fourth-order valence-corrected chi connectivity index (χ4v) is 2.43. The predicted molar refractivity (Wildman–Crippen MR) is 74.8 cm³/mol. The molecule has 18 heavy (non-hydrogen) atoms. The van der Waals surface area contributed by atoms with Crippen molar-refractivity contribution < 1.29 is 4.79 Å². The van der Waals surface area contributed by atoms with Crippen LogP contribution in [0.1, 0.15) is 36.8 Å². The van der Waals surface area contributed by atoms with Crippen molar-refractivity contribution in [2.24, 2.45) is 0 Å². The van der Waals surface area contributed by atoms with Gasteiger partial charge in [-0.1, -0.05) is 25.0 Å². The zero-order valence-electron chi connectivity index (χ0n) is 11.3. The summed E-state index contributed by atoms with van der Waals surface area (Å²) >= 11 is 0. The Balaban J connectivity index is 1.84. The standard InChI is InChI=1S/C15H22N2O/c1-11-7-8-12(2)14(9-11)17-15(18)10-16-13-5-3-4-6-13/h7-9,13,16H,3-6,10H2,1-2H3,(H,17,18). The third-order valence-corrected chi connectivity index (χ3v) is 3.57. The van der Waals surface area contributed by atoms with Crippen LogP contribution in [0.15, 0.2) is 18.2 Å². The van der Waals surface area contributed by atoms with Crippen LogP contribution in [0, 0.1) is 13.8 Å². The van der Waals surface area contributed by atoms with Gasteiger partial charge in [0.15, 0.2) is 0 Å². The number of benzene rings is 1. The highest BCUT2D eigenvalue weighted by molar-refractivity contribution is 5.93. The summed E-state index contributed by atoms with van der Waals surface area (Å²) < 4.78 is 0. The lowest BCUT2D eigenvalue weighted by molar-refractivity contribution is -0.115. The lowest BCUT2D eigenvalue weighted by atomic mass is 10.1. The van der Waals surface area contributed by atoms with Crippen LogP contribution in [0.5, 0.6) is 0 Å². The molecule has 98 valence electrons. The number of carbonyl (C=O) groups excluding carboxylic acids is 1. The van der Waals surface area contributed by atoms with Gasteiger partial charge in [-0.05, 0) is 43.9 Å². The van der Waals surface area contributed by atoms with Crippen LogP contribution in [-0.4, -0.2) is 18.5 Å². The Morgan fingerprint density at radius 1 is 1.28 bits per heavy atom. The maximum absolute atomic E-state index is 11.9. The average Bonchev–Trinajstić information content (AvgIpc) is 2.84. The first-order chi connectivity index (χ1) is 8.65. The van der Waals surface area contributed by atoms with Crippen molar-refractivity contribution in [3.63, 3.8) is 0 Å². The fraction of sp³-hybridized carbons (Fsp3) is 0.533. The summed E-state index contributed by atoms with van der Waals surface area (Å²) in [6, 6.07) is 6.65. The van der Waals surface area contributed by atoms with Gasteiger partial charge >= 0.3 is 0 Å². The summed E-state index contributed by atoms with van der Waals surface area (Å²) in [6.07, 6.45) is 4.99.